The van der Waals surface area contributed by atoms with Gasteiger partial charge < -0.3 is 15.7 Å². The Kier molecular flexibility index (Phi) is 4.97. The highest BCUT2D eigenvalue weighted by Gasteiger charge is 2.15. The average Bonchev–Trinajstić information content (AvgIpc) is 2.28. The first-order valence-corrected chi connectivity index (χ1v) is 5.83. The van der Waals surface area contributed by atoms with Crippen LogP contribution in [0.3, 0.4) is 0 Å². The molecule has 0 aliphatic carbocycles. The number of carboxylic acid groups (broad SMARTS) is 1. The molecule has 0 radical (unpaired) electrons. The van der Waals surface area contributed by atoms with Gasteiger partial charge in [-0.2, -0.15) is 0 Å². The highest BCUT2D eigenvalue weighted by atomic mass is 35.5. The molecule has 1 rings (SSSR count). The van der Waals surface area contributed by atoms with Gasteiger partial charge in [-0.1, -0.05) is 23.7 Å². The lowest BCUT2D eigenvalue weighted by Gasteiger charge is -2.16. The van der Waals surface area contributed by atoms with E-state index in [2.05, 4.69) is 10.6 Å². The first-order chi connectivity index (χ1) is 8.40. The van der Waals surface area contributed by atoms with E-state index in [4.69, 9.17) is 16.7 Å². The Morgan fingerprint density at radius 3 is 2.50 bits per heavy atom. The Morgan fingerprint density at radius 2 is 1.94 bits per heavy atom. The molecule has 6 heteroatoms. The zero-order valence-corrected chi connectivity index (χ0v) is 10.9. The summed E-state index contributed by atoms with van der Waals surface area (Å²) in [4.78, 5) is 22.1. The number of aliphatic carboxylic acids is 1. The highest BCUT2D eigenvalue weighted by molar-refractivity contribution is 6.30. The molecule has 0 aliphatic heterocycles. The zero-order chi connectivity index (χ0) is 13.7. The number of carbonyl (C=O) groups excluding carboxylic acids is 1. The van der Waals surface area contributed by atoms with Crippen LogP contribution in [0, 0.1) is 0 Å². The van der Waals surface area contributed by atoms with Crippen LogP contribution in [0.5, 0.6) is 0 Å². The van der Waals surface area contributed by atoms with Gasteiger partial charge in [-0.3, -0.25) is 4.79 Å². The zero-order valence-electron chi connectivity index (χ0n) is 10.1. The summed E-state index contributed by atoms with van der Waals surface area (Å²) in [5.74, 6) is -1.08. The van der Waals surface area contributed by atoms with Crippen molar-refractivity contribution in [1.29, 1.82) is 0 Å². The van der Waals surface area contributed by atoms with Crippen LogP contribution in [-0.4, -0.2) is 23.1 Å². The molecule has 1 aromatic rings. The lowest BCUT2D eigenvalue weighted by molar-refractivity contribution is -0.138. The summed E-state index contributed by atoms with van der Waals surface area (Å²) in [5.41, 5.74) is 0.848. The molecule has 18 heavy (non-hydrogen) atoms. The number of hydrogen-bond donors (Lipinski definition) is 3. The van der Waals surface area contributed by atoms with E-state index in [1.54, 1.807) is 25.1 Å². The molecule has 0 saturated heterocycles. The topological polar surface area (TPSA) is 78.4 Å². The van der Waals surface area contributed by atoms with Gasteiger partial charge in [0.15, 0.2) is 0 Å². The first kappa shape index (κ1) is 14.3. The fraction of sp³-hybridized carbons (Fsp3) is 0.333. The third-order valence-electron chi connectivity index (χ3n) is 2.41. The number of rotatable bonds is 4. The summed E-state index contributed by atoms with van der Waals surface area (Å²) < 4.78 is 0. The third kappa shape index (κ3) is 4.25. The van der Waals surface area contributed by atoms with E-state index in [0.717, 1.165) is 5.56 Å². The van der Waals surface area contributed by atoms with Crippen molar-refractivity contribution in [3.63, 3.8) is 0 Å². The minimum absolute atomic E-state index is 0.260. The molecule has 0 spiro atoms. The fourth-order valence-electron chi connectivity index (χ4n) is 1.36. The SMILES string of the molecule is CC(NC(=O)NC(C)c1cccc(Cl)c1)C(=O)O. The fourth-order valence-corrected chi connectivity index (χ4v) is 1.55. The minimum atomic E-state index is -1.08. The van der Waals surface area contributed by atoms with E-state index in [0.29, 0.717) is 5.02 Å². The Balaban J connectivity index is 2.57. The highest BCUT2D eigenvalue weighted by Crippen LogP contribution is 2.17. The molecule has 0 aromatic heterocycles. The summed E-state index contributed by atoms with van der Waals surface area (Å²) in [6.45, 7) is 3.18. The Labute approximate surface area is 110 Å². The maximum atomic E-state index is 11.5. The lowest BCUT2D eigenvalue weighted by atomic mass is 10.1. The maximum Gasteiger partial charge on any atom is 0.325 e. The number of nitrogens with one attached hydrogen (secondary N) is 2. The van der Waals surface area contributed by atoms with Gasteiger partial charge in [-0.15, -0.1) is 0 Å². The van der Waals surface area contributed by atoms with Crippen LogP contribution in [0.4, 0.5) is 4.79 Å². The van der Waals surface area contributed by atoms with E-state index >= 15 is 0 Å². The number of amides is 2. The predicted molar refractivity (Wildman–Crippen MR) is 68.6 cm³/mol. The molecule has 2 atom stereocenters. The van der Waals surface area contributed by atoms with Crippen LogP contribution in [-0.2, 0) is 4.79 Å². The second-order valence-corrected chi connectivity index (χ2v) is 4.39. The van der Waals surface area contributed by atoms with Crippen LogP contribution in [0.15, 0.2) is 24.3 Å². The lowest BCUT2D eigenvalue weighted by Crippen LogP contribution is -2.45. The molecule has 1 aromatic carbocycles. The van der Waals surface area contributed by atoms with Crippen LogP contribution >= 0.6 is 11.6 Å². The number of benzene rings is 1. The molecule has 5 nitrogen and oxygen atoms in total. The van der Waals surface area contributed by atoms with Crippen molar-refractivity contribution in [2.75, 3.05) is 0 Å². The quantitative estimate of drug-likeness (QED) is 0.785. The van der Waals surface area contributed by atoms with Gasteiger partial charge in [0.2, 0.25) is 0 Å². The summed E-state index contributed by atoms with van der Waals surface area (Å²) in [7, 11) is 0. The number of hydrogen-bond acceptors (Lipinski definition) is 2. The third-order valence-corrected chi connectivity index (χ3v) is 2.65. The van der Waals surface area contributed by atoms with Crippen LogP contribution in [0.25, 0.3) is 0 Å². The second-order valence-electron chi connectivity index (χ2n) is 3.95. The molecule has 98 valence electrons. The van der Waals surface area contributed by atoms with Crippen molar-refractivity contribution in [1.82, 2.24) is 10.6 Å². The molecule has 2 unspecified atom stereocenters. The van der Waals surface area contributed by atoms with Gasteiger partial charge in [0.25, 0.3) is 0 Å². The minimum Gasteiger partial charge on any atom is -0.480 e. The molecule has 0 aliphatic rings. The second kappa shape index (κ2) is 6.26. The largest absolute Gasteiger partial charge is 0.480 e. The van der Waals surface area contributed by atoms with Gasteiger partial charge in [-0.05, 0) is 31.5 Å². The molecule has 0 bridgehead atoms. The molecule has 3 N–H and O–H groups in total. The smallest absolute Gasteiger partial charge is 0.325 e. The number of halogens is 1. The van der Waals surface area contributed by atoms with E-state index in [-0.39, 0.29) is 6.04 Å². The van der Waals surface area contributed by atoms with E-state index in [1.807, 2.05) is 6.07 Å². The van der Waals surface area contributed by atoms with Gasteiger partial charge >= 0.3 is 12.0 Å². The van der Waals surface area contributed by atoms with Crippen LogP contribution < -0.4 is 10.6 Å². The van der Waals surface area contributed by atoms with Gasteiger partial charge in [0, 0.05) is 5.02 Å². The molecular weight excluding hydrogens is 256 g/mol. The average molecular weight is 271 g/mol. The summed E-state index contributed by atoms with van der Waals surface area (Å²) >= 11 is 5.85. The summed E-state index contributed by atoms with van der Waals surface area (Å²) in [5, 5.41) is 14.2. The number of urea groups is 1. The predicted octanol–water partition coefficient (Wildman–Crippen LogP) is 2.17. The monoisotopic (exact) mass is 270 g/mol. The van der Waals surface area contributed by atoms with Crippen molar-refractivity contribution in [2.24, 2.45) is 0 Å². The van der Waals surface area contributed by atoms with Crippen molar-refractivity contribution in [2.45, 2.75) is 25.9 Å². The molecule has 0 fully saturated rings. The van der Waals surface area contributed by atoms with Gasteiger partial charge in [0.05, 0.1) is 6.04 Å². The number of carboxylic acids is 1. The Bertz CT molecular complexity index is 451. The molecule has 0 heterocycles. The first-order valence-electron chi connectivity index (χ1n) is 5.45. The van der Waals surface area contributed by atoms with Gasteiger partial charge in [-0.25, -0.2) is 4.79 Å². The van der Waals surface area contributed by atoms with Crippen molar-refractivity contribution in [3.8, 4) is 0 Å². The standard InChI is InChI=1S/C12H15ClN2O3/c1-7(9-4-3-5-10(13)6-9)14-12(18)15-8(2)11(16)17/h3-8H,1-2H3,(H,16,17)(H2,14,15,18). The van der Waals surface area contributed by atoms with E-state index in [9.17, 15) is 9.59 Å². The van der Waals surface area contributed by atoms with Crippen molar-refractivity contribution < 1.29 is 14.7 Å². The molecule has 0 saturated carbocycles. The van der Waals surface area contributed by atoms with Crippen molar-refractivity contribution in [3.05, 3.63) is 34.9 Å². The van der Waals surface area contributed by atoms with E-state index < -0.39 is 18.0 Å². The van der Waals surface area contributed by atoms with Crippen LogP contribution in [0.2, 0.25) is 5.02 Å². The van der Waals surface area contributed by atoms with Crippen molar-refractivity contribution >= 4 is 23.6 Å². The number of carbonyl (C=O) groups is 2. The normalized spacial score (nSPS) is 13.5. The summed E-state index contributed by atoms with van der Waals surface area (Å²) in [6.07, 6.45) is 0. The Hall–Kier alpha value is -1.75. The maximum absolute atomic E-state index is 11.5. The van der Waals surface area contributed by atoms with Gasteiger partial charge in [0.1, 0.15) is 6.04 Å². The van der Waals surface area contributed by atoms with Crippen LogP contribution in [0.1, 0.15) is 25.5 Å². The van der Waals surface area contributed by atoms with E-state index in [1.165, 1.54) is 6.92 Å². The summed E-state index contributed by atoms with van der Waals surface area (Å²) in [6, 6.07) is 5.38. The molecule has 2 amide bonds. The Morgan fingerprint density at radius 1 is 1.28 bits per heavy atom. The molecular formula is C12H15ClN2O3.